The fourth-order valence-corrected chi connectivity index (χ4v) is 2.83. The highest BCUT2D eigenvalue weighted by Crippen LogP contribution is 2.41. The molecule has 1 amide bonds. The molecule has 3 rings (SSSR count). The Labute approximate surface area is 141 Å². The molecule has 0 saturated heterocycles. The lowest BCUT2D eigenvalue weighted by molar-refractivity contribution is 0.0636. The third-order valence-electron chi connectivity index (χ3n) is 3.92. The van der Waals surface area contributed by atoms with Crippen molar-refractivity contribution in [2.24, 2.45) is 0 Å². The predicted octanol–water partition coefficient (Wildman–Crippen LogP) is 3.43. The number of benzene rings is 1. The lowest BCUT2D eigenvalue weighted by Crippen LogP contribution is -2.32. The Balaban J connectivity index is 2.03. The highest BCUT2D eigenvalue weighted by Gasteiger charge is 2.31. The average molecular weight is 329 g/mol. The summed E-state index contributed by atoms with van der Waals surface area (Å²) >= 11 is 0. The molecule has 2 heterocycles. The molecule has 2 aromatic rings. The Hall–Kier alpha value is -2.57. The second-order valence-corrected chi connectivity index (χ2v) is 7.02. The Morgan fingerprint density at radius 2 is 2.04 bits per heavy atom. The first-order valence-corrected chi connectivity index (χ1v) is 7.97. The molecule has 0 saturated carbocycles. The van der Waals surface area contributed by atoms with Crippen molar-refractivity contribution in [3.8, 4) is 5.69 Å². The fourth-order valence-electron chi connectivity index (χ4n) is 2.83. The number of fused-ring (bicyclic) bond motifs is 3. The van der Waals surface area contributed by atoms with Gasteiger partial charge in [-0.25, -0.2) is 14.5 Å². The van der Waals surface area contributed by atoms with Gasteiger partial charge in [0.15, 0.2) is 5.82 Å². The number of nitrogens with zero attached hydrogens (tertiary/aromatic N) is 4. The zero-order valence-corrected chi connectivity index (χ0v) is 14.9. The van der Waals surface area contributed by atoms with Gasteiger partial charge in [-0.1, -0.05) is 6.07 Å². The number of rotatable bonds is 1. The summed E-state index contributed by atoms with van der Waals surface area (Å²) in [5.74, 6) is 1.61. The van der Waals surface area contributed by atoms with Crippen LogP contribution in [0.2, 0.25) is 0 Å². The van der Waals surface area contributed by atoms with Crippen LogP contribution in [0.25, 0.3) is 5.69 Å². The molecule has 1 aliphatic heterocycles. The topological polar surface area (TPSA) is 72.3 Å². The van der Waals surface area contributed by atoms with Crippen molar-refractivity contribution in [3.05, 3.63) is 29.8 Å². The van der Waals surface area contributed by atoms with Crippen LogP contribution in [0.15, 0.2) is 18.2 Å². The van der Waals surface area contributed by atoms with Gasteiger partial charge in [0, 0.05) is 7.05 Å². The van der Waals surface area contributed by atoms with E-state index in [4.69, 9.17) is 4.74 Å². The quantitative estimate of drug-likeness (QED) is 0.868. The summed E-state index contributed by atoms with van der Waals surface area (Å²) in [6, 6.07) is 5.76. The highest BCUT2D eigenvalue weighted by molar-refractivity contribution is 5.93. The van der Waals surface area contributed by atoms with Crippen LogP contribution in [0.4, 0.5) is 16.2 Å². The number of carbonyl (C=O) groups excluding carboxylic acids is 1. The van der Waals surface area contributed by atoms with E-state index in [2.05, 4.69) is 27.2 Å². The number of ether oxygens (including phenoxy) is 1. The van der Waals surface area contributed by atoms with Crippen molar-refractivity contribution in [1.82, 2.24) is 14.8 Å². The summed E-state index contributed by atoms with van der Waals surface area (Å²) in [6.07, 6.45) is -0.475. The van der Waals surface area contributed by atoms with Crippen molar-refractivity contribution < 1.29 is 9.53 Å². The molecular weight excluding hydrogens is 306 g/mol. The number of hydrogen-bond donors (Lipinski definition) is 1. The molecule has 1 aliphatic rings. The smallest absolute Gasteiger partial charge is 0.412 e. The van der Waals surface area contributed by atoms with E-state index in [0.29, 0.717) is 5.69 Å². The molecule has 1 atom stereocenters. The maximum absolute atomic E-state index is 12.2. The molecular formula is C17H23N5O2. The van der Waals surface area contributed by atoms with E-state index in [1.54, 1.807) is 0 Å². The van der Waals surface area contributed by atoms with Crippen LogP contribution in [-0.4, -0.2) is 33.5 Å². The zero-order chi connectivity index (χ0) is 17.6. The number of para-hydroxylation sites is 1. The first kappa shape index (κ1) is 16.3. The van der Waals surface area contributed by atoms with E-state index in [-0.39, 0.29) is 6.04 Å². The third-order valence-corrected chi connectivity index (χ3v) is 3.92. The lowest BCUT2D eigenvalue weighted by Gasteiger charge is -2.34. The van der Waals surface area contributed by atoms with Crippen LogP contribution < -0.4 is 10.2 Å². The summed E-state index contributed by atoms with van der Waals surface area (Å²) in [5.41, 5.74) is 1.93. The maximum Gasteiger partial charge on any atom is 0.412 e. The molecule has 0 fully saturated rings. The average Bonchev–Trinajstić information content (AvgIpc) is 2.84. The van der Waals surface area contributed by atoms with Crippen molar-refractivity contribution in [2.45, 2.75) is 46.3 Å². The first-order chi connectivity index (χ1) is 11.2. The zero-order valence-electron chi connectivity index (χ0n) is 14.9. The van der Waals surface area contributed by atoms with Gasteiger partial charge in [-0.3, -0.25) is 5.32 Å². The van der Waals surface area contributed by atoms with Gasteiger partial charge in [0.1, 0.15) is 11.4 Å². The van der Waals surface area contributed by atoms with Crippen molar-refractivity contribution in [2.75, 3.05) is 17.3 Å². The number of aromatic nitrogens is 3. The molecule has 1 aromatic carbocycles. The Morgan fingerprint density at radius 3 is 2.71 bits per heavy atom. The minimum Gasteiger partial charge on any atom is -0.444 e. The van der Waals surface area contributed by atoms with E-state index in [1.165, 1.54) is 0 Å². The summed E-state index contributed by atoms with van der Waals surface area (Å²) in [6.45, 7) is 9.46. The second kappa shape index (κ2) is 5.51. The van der Waals surface area contributed by atoms with Gasteiger partial charge in [-0.05, 0) is 46.8 Å². The van der Waals surface area contributed by atoms with E-state index in [9.17, 15) is 4.79 Å². The van der Waals surface area contributed by atoms with Crippen LogP contribution in [0.3, 0.4) is 0 Å². The SMILES string of the molecule is Cc1nc2n(n1)-c1cccc(NC(=O)OC(C)(C)C)c1N(C)[C@H]2C. The summed E-state index contributed by atoms with van der Waals surface area (Å²) < 4.78 is 7.21. The molecule has 0 radical (unpaired) electrons. The first-order valence-electron chi connectivity index (χ1n) is 7.97. The standard InChI is InChI=1S/C17H23N5O2/c1-10-15-18-11(2)20-22(15)13-9-7-8-12(14(13)21(10)6)19-16(23)24-17(3,4)5/h7-10H,1-6H3,(H,19,23)/t10-/m0/s1. The number of aryl methyl sites for hydroxylation is 1. The molecule has 128 valence electrons. The van der Waals surface area contributed by atoms with E-state index < -0.39 is 11.7 Å². The highest BCUT2D eigenvalue weighted by atomic mass is 16.6. The maximum atomic E-state index is 12.2. The number of carbonyl (C=O) groups is 1. The lowest BCUT2D eigenvalue weighted by atomic mass is 10.1. The Morgan fingerprint density at radius 1 is 1.33 bits per heavy atom. The molecule has 0 spiro atoms. The molecule has 1 aromatic heterocycles. The third kappa shape index (κ3) is 2.81. The van der Waals surface area contributed by atoms with Gasteiger partial charge in [0.05, 0.1) is 23.1 Å². The van der Waals surface area contributed by atoms with Crippen LogP contribution in [0.5, 0.6) is 0 Å². The van der Waals surface area contributed by atoms with Gasteiger partial charge in [-0.2, -0.15) is 5.10 Å². The van der Waals surface area contributed by atoms with Crippen LogP contribution >= 0.6 is 0 Å². The Kier molecular flexibility index (Phi) is 3.74. The number of nitrogens with one attached hydrogen (secondary N) is 1. The molecule has 24 heavy (non-hydrogen) atoms. The van der Waals surface area contributed by atoms with Crippen LogP contribution in [0, 0.1) is 6.92 Å². The number of anilines is 2. The van der Waals surface area contributed by atoms with Gasteiger partial charge in [0.25, 0.3) is 0 Å². The fraction of sp³-hybridized carbons (Fsp3) is 0.471. The van der Waals surface area contributed by atoms with E-state index >= 15 is 0 Å². The van der Waals surface area contributed by atoms with Crippen molar-refractivity contribution in [3.63, 3.8) is 0 Å². The molecule has 0 aliphatic carbocycles. The minimum atomic E-state index is -0.547. The van der Waals surface area contributed by atoms with Crippen LogP contribution in [-0.2, 0) is 4.74 Å². The van der Waals surface area contributed by atoms with Crippen LogP contribution in [0.1, 0.15) is 45.4 Å². The molecule has 7 heteroatoms. The van der Waals surface area contributed by atoms with Crippen molar-refractivity contribution >= 4 is 17.5 Å². The molecule has 0 bridgehead atoms. The largest absolute Gasteiger partial charge is 0.444 e. The molecule has 1 N–H and O–H groups in total. The minimum absolute atomic E-state index is 0.0419. The van der Waals surface area contributed by atoms with Gasteiger partial charge in [0.2, 0.25) is 0 Å². The van der Waals surface area contributed by atoms with Crippen molar-refractivity contribution in [1.29, 1.82) is 0 Å². The van der Waals surface area contributed by atoms with Gasteiger partial charge < -0.3 is 9.64 Å². The molecule has 7 nitrogen and oxygen atoms in total. The summed E-state index contributed by atoms with van der Waals surface area (Å²) in [4.78, 5) is 18.8. The monoisotopic (exact) mass is 329 g/mol. The Bertz CT molecular complexity index is 791. The predicted molar refractivity (Wildman–Crippen MR) is 92.8 cm³/mol. The van der Waals surface area contributed by atoms with E-state index in [0.717, 1.165) is 23.0 Å². The van der Waals surface area contributed by atoms with Gasteiger partial charge >= 0.3 is 6.09 Å². The van der Waals surface area contributed by atoms with E-state index in [1.807, 2.05) is 57.6 Å². The normalized spacial score (nSPS) is 16.4. The summed E-state index contributed by atoms with van der Waals surface area (Å²) in [7, 11) is 1.98. The number of hydrogen-bond acceptors (Lipinski definition) is 5. The summed E-state index contributed by atoms with van der Waals surface area (Å²) in [5, 5.41) is 7.34. The van der Waals surface area contributed by atoms with Gasteiger partial charge in [-0.15, -0.1) is 0 Å². The number of amides is 1. The second-order valence-electron chi connectivity index (χ2n) is 7.02. The molecule has 0 unspecified atom stereocenters.